The molecule has 17 heavy (non-hydrogen) atoms. The molecule has 0 aliphatic heterocycles. The summed E-state index contributed by atoms with van der Waals surface area (Å²) in [5, 5.41) is 0.398. The summed E-state index contributed by atoms with van der Waals surface area (Å²) in [7, 11) is 1.43. The zero-order valence-corrected chi connectivity index (χ0v) is 12.4. The van der Waals surface area contributed by atoms with Crippen LogP contribution in [0.3, 0.4) is 0 Å². The topological polar surface area (TPSA) is 26.3 Å². The summed E-state index contributed by atoms with van der Waals surface area (Å²) in [5.41, 5.74) is 0. The summed E-state index contributed by atoms with van der Waals surface area (Å²) in [6, 6.07) is 0. The third kappa shape index (κ3) is 10.9. The van der Waals surface area contributed by atoms with Crippen molar-refractivity contribution in [1.82, 2.24) is 0 Å². The van der Waals surface area contributed by atoms with Gasteiger partial charge in [0.25, 0.3) is 0 Å². The zero-order valence-electron chi connectivity index (χ0n) is 10.9. The SMILES string of the molecule is CCC(Cl)CC(Cl)CCCCCCC(=O)OC. The molecule has 0 bridgehead atoms. The summed E-state index contributed by atoms with van der Waals surface area (Å²) in [6.07, 6.45) is 7.63. The second-order valence-electron chi connectivity index (χ2n) is 4.37. The molecule has 0 amide bonds. The third-order valence-corrected chi connectivity index (χ3v) is 3.71. The number of ether oxygens (including phenoxy) is 1. The van der Waals surface area contributed by atoms with Gasteiger partial charge in [-0.1, -0.05) is 26.2 Å². The van der Waals surface area contributed by atoms with Crippen LogP contribution >= 0.6 is 23.2 Å². The minimum atomic E-state index is -0.117. The van der Waals surface area contributed by atoms with Crippen LogP contribution in [0, 0.1) is 0 Å². The molecule has 0 fully saturated rings. The Hall–Kier alpha value is 0.0500. The molecule has 2 unspecified atom stereocenters. The first-order chi connectivity index (χ1) is 8.10. The largest absolute Gasteiger partial charge is 0.469 e. The lowest BCUT2D eigenvalue weighted by Crippen LogP contribution is -2.07. The van der Waals surface area contributed by atoms with Crippen LogP contribution < -0.4 is 0 Å². The van der Waals surface area contributed by atoms with Gasteiger partial charge in [-0.15, -0.1) is 23.2 Å². The molecule has 0 aliphatic carbocycles. The minimum absolute atomic E-state index is 0.117. The molecule has 0 heterocycles. The van der Waals surface area contributed by atoms with E-state index >= 15 is 0 Å². The molecule has 0 rings (SSSR count). The number of alkyl halides is 2. The lowest BCUT2D eigenvalue weighted by molar-refractivity contribution is -0.140. The van der Waals surface area contributed by atoms with E-state index < -0.39 is 0 Å². The van der Waals surface area contributed by atoms with Gasteiger partial charge in [-0.3, -0.25) is 4.79 Å². The first-order valence-corrected chi connectivity index (χ1v) is 7.32. The fraction of sp³-hybridized carbons (Fsp3) is 0.923. The van der Waals surface area contributed by atoms with Crippen molar-refractivity contribution in [2.24, 2.45) is 0 Å². The lowest BCUT2D eigenvalue weighted by atomic mass is 10.1. The van der Waals surface area contributed by atoms with E-state index in [1.807, 2.05) is 0 Å². The molecule has 102 valence electrons. The van der Waals surface area contributed by atoms with Crippen molar-refractivity contribution in [3.05, 3.63) is 0 Å². The first kappa shape index (κ1) is 17.1. The second kappa shape index (κ2) is 11.2. The number of esters is 1. The maximum Gasteiger partial charge on any atom is 0.305 e. The smallest absolute Gasteiger partial charge is 0.305 e. The maximum absolute atomic E-state index is 10.8. The van der Waals surface area contributed by atoms with Crippen LogP contribution in [0.1, 0.15) is 58.3 Å². The van der Waals surface area contributed by atoms with Gasteiger partial charge in [0.15, 0.2) is 0 Å². The van der Waals surface area contributed by atoms with E-state index in [0.717, 1.165) is 44.9 Å². The summed E-state index contributed by atoms with van der Waals surface area (Å²) >= 11 is 12.2. The summed E-state index contributed by atoms with van der Waals surface area (Å²) < 4.78 is 4.58. The summed E-state index contributed by atoms with van der Waals surface area (Å²) in [6.45, 7) is 2.08. The van der Waals surface area contributed by atoms with Gasteiger partial charge in [-0.25, -0.2) is 0 Å². The van der Waals surface area contributed by atoms with Crippen molar-refractivity contribution >= 4 is 29.2 Å². The summed E-state index contributed by atoms with van der Waals surface area (Å²) in [4.78, 5) is 10.8. The van der Waals surface area contributed by atoms with E-state index in [1.54, 1.807) is 0 Å². The molecule has 0 saturated carbocycles. The van der Waals surface area contributed by atoms with Crippen LogP contribution in [0.4, 0.5) is 0 Å². The Morgan fingerprint density at radius 2 is 1.76 bits per heavy atom. The van der Waals surface area contributed by atoms with Crippen LogP contribution in [0.5, 0.6) is 0 Å². The molecular weight excluding hydrogens is 259 g/mol. The van der Waals surface area contributed by atoms with Gasteiger partial charge in [0.2, 0.25) is 0 Å². The Labute approximate surface area is 115 Å². The minimum Gasteiger partial charge on any atom is -0.469 e. The number of halogens is 2. The van der Waals surface area contributed by atoms with E-state index in [-0.39, 0.29) is 16.7 Å². The Bertz CT molecular complexity index is 198. The Balaban J connectivity index is 3.30. The molecule has 2 atom stereocenters. The van der Waals surface area contributed by atoms with Gasteiger partial charge in [-0.2, -0.15) is 0 Å². The van der Waals surface area contributed by atoms with Crippen molar-refractivity contribution in [2.45, 2.75) is 69.0 Å². The molecule has 0 spiro atoms. The highest BCUT2D eigenvalue weighted by molar-refractivity contribution is 6.23. The molecule has 0 aromatic carbocycles. The summed E-state index contributed by atoms with van der Waals surface area (Å²) in [5.74, 6) is -0.117. The van der Waals surface area contributed by atoms with Crippen molar-refractivity contribution in [2.75, 3.05) is 7.11 Å². The number of methoxy groups -OCH3 is 1. The standard InChI is InChI=1S/C13H24Cl2O2/c1-3-11(14)10-12(15)8-6-4-5-7-9-13(16)17-2/h11-12H,3-10H2,1-2H3. The average molecular weight is 283 g/mol. The van der Waals surface area contributed by atoms with Crippen LogP contribution in [0.15, 0.2) is 0 Å². The van der Waals surface area contributed by atoms with Crippen LogP contribution in [0.2, 0.25) is 0 Å². The molecule has 0 aliphatic rings. The van der Waals surface area contributed by atoms with Gasteiger partial charge in [0, 0.05) is 17.2 Å². The van der Waals surface area contributed by atoms with Crippen LogP contribution in [-0.2, 0) is 9.53 Å². The zero-order chi connectivity index (χ0) is 13.1. The normalized spacial score (nSPS) is 14.4. The number of carbonyl (C=O) groups is 1. The van der Waals surface area contributed by atoms with E-state index in [0.29, 0.717) is 6.42 Å². The van der Waals surface area contributed by atoms with Gasteiger partial charge < -0.3 is 4.74 Å². The number of carbonyl (C=O) groups excluding carboxylic acids is 1. The Kier molecular flexibility index (Phi) is 11.2. The molecule has 0 radical (unpaired) electrons. The number of hydrogen-bond donors (Lipinski definition) is 0. The van der Waals surface area contributed by atoms with Crippen molar-refractivity contribution in [1.29, 1.82) is 0 Å². The highest BCUT2D eigenvalue weighted by atomic mass is 35.5. The monoisotopic (exact) mass is 282 g/mol. The fourth-order valence-electron chi connectivity index (χ4n) is 1.65. The quantitative estimate of drug-likeness (QED) is 0.335. The predicted octanol–water partition coefficient (Wildman–Crippen LogP) is 4.51. The van der Waals surface area contributed by atoms with Gasteiger partial charge >= 0.3 is 5.97 Å². The first-order valence-electron chi connectivity index (χ1n) is 6.45. The lowest BCUT2D eigenvalue weighted by Gasteiger charge is -2.12. The van der Waals surface area contributed by atoms with Crippen molar-refractivity contribution in [3.63, 3.8) is 0 Å². The number of rotatable bonds is 10. The van der Waals surface area contributed by atoms with Crippen molar-refractivity contribution < 1.29 is 9.53 Å². The highest BCUT2D eigenvalue weighted by Crippen LogP contribution is 2.19. The van der Waals surface area contributed by atoms with E-state index in [4.69, 9.17) is 23.2 Å². The van der Waals surface area contributed by atoms with E-state index in [9.17, 15) is 4.79 Å². The fourth-order valence-corrected chi connectivity index (χ4v) is 2.33. The van der Waals surface area contributed by atoms with Crippen LogP contribution in [-0.4, -0.2) is 23.8 Å². The number of hydrogen-bond acceptors (Lipinski definition) is 2. The second-order valence-corrected chi connectivity index (χ2v) is 5.60. The third-order valence-electron chi connectivity index (χ3n) is 2.83. The Morgan fingerprint density at radius 1 is 1.12 bits per heavy atom. The molecular formula is C13H24Cl2O2. The van der Waals surface area contributed by atoms with E-state index in [1.165, 1.54) is 7.11 Å². The number of unbranched alkanes of at least 4 members (excludes halogenated alkanes) is 3. The molecule has 2 nitrogen and oxygen atoms in total. The van der Waals surface area contributed by atoms with Crippen LogP contribution in [0.25, 0.3) is 0 Å². The average Bonchev–Trinajstić information content (AvgIpc) is 2.32. The van der Waals surface area contributed by atoms with Crippen molar-refractivity contribution in [3.8, 4) is 0 Å². The molecule has 0 aromatic rings. The predicted molar refractivity (Wildman–Crippen MR) is 73.9 cm³/mol. The highest BCUT2D eigenvalue weighted by Gasteiger charge is 2.10. The molecule has 0 aromatic heterocycles. The Morgan fingerprint density at radius 3 is 2.35 bits per heavy atom. The molecule has 0 N–H and O–H groups in total. The van der Waals surface area contributed by atoms with Gasteiger partial charge in [0.1, 0.15) is 0 Å². The van der Waals surface area contributed by atoms with Gasteiger partial charge in [-0.05, 0) is 25.7 Å². The molecule has 4 heteroatoms. The molecule has 0 saturated heterocycles. The van der Waals surface area contributed by atoms with Gasteiger partial charge in [0.05, 0.1) is 7.11 Å². The maximum atomic E-state index is 10.8. The van der Waals surface area contributed by atoms with E-state index in [2.05, 4.69) is 11.7 Å².